The molecule has 0 spiro atoms. The molecule has 3 N–H and O–H groups in total. The summed E-state index contributed by atoms with van der Waals surface area (Å²) in [4.78, 5) is 1.53. The van der Waals surface area contributed by atoms with Gasteiger partial charge in [-0.25, -0.2) is 0 Å². The van der Waals surface area contributed by atoms with E-state index in [1.54, 1.807) is 0 Å². The van der Waals surface area contributed by atoms with E-state index >= 15 is 0 Å². The normalized spacial score (nSPS) is 12.1. The van der Waals surface area contributed by atoms with Crippen LogP contribution in [0, 0.1) is 13.8 Å². The van der Waals surface area contributed by atoms with Crippen LogP contribution in [0.5, 0.6) is 0 Å². The summed E-state index contributed by atoms with van der Waals surface area (Å²) in [6.45, 7) is 11.7. The van der Waals surface area contributed by atoms with E-state index in [0.29, 0.717) is 10.1 Å². The zero-order valence-electron chi connectivity index (χ0n) is 16.0. The van der Waals surface area contributed by atoms with Crippen LogP contribution in [0.15, 0.2) is 42.5 Å². The van der Waals surface area contributed by atoms with Gasteiger partial charge in [-0.2, -0.15) is 0 Å². The lowest BCUT2D eigenvalue weighted by Crippen LogP contribution is -3.12. The summed E-state index contributed by atoms with van der Waals surface area (Å²) in [5.74, 6) is 0. The lowest BCUT2D eigenvalue weighted by atomic mass is 10.1. The molecule has 140 valence electrons. The number of nitrogens with one attached hydrogen (secondary N) is 3. The molecule has 0 aliphatic rings. The van der Waals surface area contributed by atoms with Gasteiger partial charge in [-0.15, -0.1) is 0 Å². The van der Waals surface area contributed by atoms with Gasteiger partial charge in [0.1, 0.15) is 12.6 Å². The molecule has 0 radical (unpaired) electrons. The van der Waals surface area contributed by atoms with E-state index in [4.69, 9.17) is 23.8 Å². The van der Waals surface area contributed by atoms with Crippen molar-refractivity contribution in [3.63, 3.8) is 0 Å². The Morgan fingerprint density at radius 2 is 1.77 bits per heavy atom. The van der Waals surface area contributed by atoms with E-state index in [1.165, 1.54) is 10.5 Å². The highest BCUT2D eigenvalue weighted by Crippen LogP contribution is 2.27. The Hall–Kier alpha value is -1.62. The summed E-state index contributed by atoms with van der Waals surface area (Å²) >= 11 is 12.0. The maximum absolute atomic E-state index is 6.41. The molecule has 5 heteroatoms. The fraction of sp³-hybridized carbons (Fsp3) is 0.381. The van der Waals surface area contributed by atoms with E-state index in [9.17, 15) is 0 Å². The Morgan fingerprint density at radius 1 is 1.12 bits per heavy atom. The molecular formula is C21H29ClN3S+. The molecule has 0 fully saturated rings. The van der Waals surface area contributed by atoms with Crippen molar-refractivity contribution in [3.05, 3.63) is 64.2 Å². The number of likely N-dealkylation sites (N-methyl/N-ethyl adjacent to an activating group) is 1. The first kappa shape index (κ1) is 20.7. The first-order valence-electron chi connectivity index (χ1n) is 9.17. The average molecular weight is 391 g/mol. The number of thiocarbonyl (C=S) groups is 1. The van der Waals surface area contributed by atoms with Crippen molar-refractivity contribution in [1.82, 2.24) is 5.32 Å². The van der Waals surface area contributed by atoms with Crippen LogP contribution in [-0.4, -0.2) is 24.7 Å². The highest BCUT2D eigenvalue weighted by atomic mass is 35.5. The first-order valence-corrected chi connectivity index (χ1v) is 9.96. The van der Waals surface area contributed by atoms with Gasteiger partial charge in [0.25, 0.3) is 0 Å². The molecule has 0 saturated heterocycles. The molecule has 0 bridgehead atoms. The zero-order chi connectivity index (χ0) is 19.1. The standard InChI is InChI=1S/C21H28ClN3S/c1-5-25(6-2)14-19(17-10-8-7-9-11-17)23-21(26)24-20-16(4)12-15(3)13-18(20)22/h7-13,19H,5-6,14H2,1-4H3,(H2,23,24,26)/p+1/t19-/m0/s1. The number of quaternary nitrogens is 1. The summed E-state index contributed by atoms with van der Waals surface area (Å²) in [5, 5.41) is 8.07. The monoisotopic (exact) mass is 390 g/mol. The van der Waals surface area contributed by atoms with E-state index in [2.05, 4.69) is 54.8 Å². The maximum atomic E-state index is 6.41. The van der Waals surface area contributed by atoms with Gasteiger partial charge in [0.15, 0.2) is 5.11 Å². The topological polar surface area (TPSA) is 28.5 Å². The molecule has 2 aromatic carbocycles. The predicted molar refractivity (Wildman–Crippen MR) is 116 cm³/mol. The van der Waals surface area contributed by atoms with E-state index in [-0.39, 0.29) is 6.04 Å². The predicted octanol–water partition coefficient (Wildman–Crippen LogP) is 3.91. The fourth-order valence-electron chi connectivity index (χ4n) is 3.15. The van der Waals surface area contributed by atoms with Gasteiger partial charge < -0.3 is 15.5 Å². The second-order valence-corrected chi connectivity index (χ2v) is 7.48. The molecule has 0 aliphatic carbocycles. The molecule has 26 heavy (non-hydrogen) atoms. The Labute approximate surface area is 167 Å². The van der Waals surface area contributed by atoms with Crippen LogP contribution in [0.1, 0.15) is 36.6 Å². The van der Waals surface area contributed by atoms with Gasteiger partial charge in [0, 0.05) is 0 Å². The lowest BCUT2D eigenvalue weighted by Gasteiger charge is -2.26. The van der Waals surface area contributed by atoms with Crippen molar-refractivity contribution in [3.8, 4) is 0 Å². The van der Waals surface area contributed by atoms with Crippen molar-refractivity contribution in [2.75, 3.05) is 25.0 Å². The zero-order valence-corrected chi connectivity index (χ0v) is 17.6. The molecule has 2 aromatic rings. The van der Waals surface area contributed by atoms with Crippen LogP contribution in [0.2, 0.25) is 5.02 Å². The molecular weight excluding hydrogens is 362 g/mol. The number of anilines is 1. The third-order valence-corrected chi connectivity index (χ3v) is 5.19. The molecule has 0 saturated carbocycles. The van der Waals surface area contributed by atoms with E-state index in [1.807, 2.05) is 26.0 Å². The largest absolute Gasteiger partial charge is 0.350 e. The molecule has 1 atom stereocenters. The van der Waals surface area contributed by atoms with Crippen molar-refractivity contribution in [2.24, 2.45) is 0 Å². The van der Waals surface area contributed by atoms with Gasteiger partial charge in [-0.1, -0.05) is 48.0 Å². The third-order valence-electron chi connectivity index (χ3n) is 4.67. The maximum Gasteiger partial charge on any atom is 0.171 e. The lowest BCUT2D eigenvalue weighted by molar-refractivity contribution is -0.898. The van der Waals surface area contributed by atoms with Gasteiger partial charge in [0.05, 0.1) is 23.8 Å². The highest BCUT2D eigenvalue weighted by molar-refractivity contribution is 7.80. The Morgan fingerprint density at radius 3 is 2.35 bits per heavy atom. The Bertz CT molecular complexity index is 706. The number of rotatable bonds is 7. The fourth-order valence-corrected chi connectivity index (χ4v) is 3.76. The smallest absolute Gasteiger partial charge is 0.171 e. The summed E-state index contributed by atoms with van der Waals surface area (Å²) in [7, 11) is 0. The van der Waals surface area contributed by atoms with E-state index in [0.717, 1.165) is 36.4 Å². The van der Waals surface area contributed by atoms with Crippen molar-refractivity contribution < 1.29 is 4.90 Å². The van der Waals surface area contributed by atoms with Gasteiger partial charge in [0.2, 0.25) is 0 Å². The molecule has 0 aliphatic heterocycles. The minimum atomic E-state index is 0.149. The minimum absolute atomic E-state index is 0.149. The number of halogens is 1. The van der Waals surface area contributed by atoms with E-state index < -0.39 is 0 Å². The number of hydrogen-bond donors (Lipinski definition) is 3. The van der Waals surface area contributed by atoms with Gasteiger partial charge in [-0.3, -0.25) is 0 Å². The number of benzene rings is 2. The molecule has 0 unspecified atom stereocenters. The quantitative estimate of drug-likeness (QED) is 0.626. The summed E-state index contributed by atoms with van der Waals surface area (Å²) in [5.41, 5.74) is 4.34. The molecule has 2 rings (SSSR count). The molecule has 3 nitrogen and oxygen atoms in total. The highest BCUT2D eigenvalue weighted by Gasteiger charge is 2.19. The van der Waals surface area contributed by atoms with Crippen molar-refractivity contribution in [1.29, 1.82) is 0 Å². The number of hydrogen-bond acceptors (Lipinski definition) is 1. The van der Waals surface area contributed by atoms with Gasteiger partial charge in [-0.05, 0) is 62.7 Å². The van der Waals surface area contributed by atoms with Gasteiger partial charge >= 0.3 is 0 Å². The number of aryl methyl sites for hydroxylation is 2. The van der Waals surface area contributed by atoms with Crippen LogP contribution in [-0.2, 0) is 0 Å². The molecule has 0 heterocycles. The SMILES string of the molecule is CC[NH+](CC)C[C@H](NC(=S)Nc1c(C)cc(C)cc1Cl)c1ccccc1. The van der Waals surface area contributed by atoms with Crippen molar-refractivity contribution >= 4 is 34.6 Å². The van der Waals surface area contributed by atoms with Crippen LogP contribution >= 0.6 is 23.8 Å². The second-order valence-electron chi connectivity index (χ2n) is 6.66. The Balaban J connectivity index is 2.16. The summed E-state index contributed by atoms with van der Waals surface area (Å²) < 4.78 is 0. The second kappa shape index (κ2) is 9.91. The molecule has 0 amide bonds. The Kier molecular flexibility index (Phi) is 7.88. The molecule has 0 aromatic heterocycles. The summed E-state index contributed by atoms with van der Waals surface area (Å²) in [6.07, 6.45) is 0. The first-order chi connectivity index (χ1) is 12.4. The minimum Gasteiger partial charge on any atom is -0.350 e. The van der Waals surface area contributed by atoms with Crippen LogP contribution < -0.4 is 15.5 Å². The van der Waals surface area contributed by atoms with Crippen LogP contribution in [0.4, 0.5) is 5.69 Å². The average Bonchev–Trinajstić information content (AvgIpc) is 2.62. The third kappa shape index (κ3) is 5.70. The van der Waals surface area contributed by atoms with Crippen LogP contribution in [0.25, 0.3) is 0 Å². The van der Waals surface area contributed by atoms with Crippen molar-refractivity contribution in [2.45, 2.75) is 33.7 Å². The van der Waals surface area contributed by atoms with Crippen LogP contribution in [0.3, 0.4) is 0 Å². The summed E-state index contributed by atoms with van der Waals surface area (Å²) in [6, 6.07) is 14.7.